The highest BCUT2D eigenvalue weighted by Crippen LogP contribution is 2.38. The number of alkyl halides is 3. The molecule has 20 heavy (non-hydrogen) atoms. The van der Waals surface area contributed by atoms with Gasteiger partial charge in [-0.2, -0.15) is 13.2 Å². The lowest BCUT2D eigenvalue weighted by Gasteiger charge is -2.07. The van der Waals surface area contributed by atoms with Gasteiger partial charge in [-0.15, -0.1) is 11.3 Å². The minimum Gasteiger partial charge on any atom is -0.166 e. The van der Waals surface area contributed by atoms with Crippen molar-refractivity contribution in [3.8, 4) is 11.1 Å². The standard InChI is InChI=1S/C16H11F3S/c1-10-2-4-11(5-3-10)14-9-20-15-7-6-12(8-13(14)15)16(17,18)19/h2-9H,1H3. The normalized spacial score (nSPS) is 12.0. The Morgan fingerprint density at radius 3 is 2.30 bits per heavy atom. The molecule has 3 rings (SSSR count). The third-order valence-electron chi connectivity index (χ3n) is 3.26. The number of thiophene rings is 1. The van der Waals surface area contributed by atoms with Crippen LogP contribution in [0.2, 0.25) is 0 Å². The molecule has 0 amide bonds. The second kappa shape index (κ2) is 4.63. The summed E-state index contributed by atoms with van der Waals surface area (Å²) in [6.45, 7) is 1.98. The topological polar surface area (TPSA) is 0 Å². The van der Waals surface area contributed by atoms with Crippen molar-refractivity contribution in [2.75, 3.05) is 0 Å². The lowest BCUT2D eigenvalue weighted by molar-refractivity contribution is -0.137. The number of halogens is 3. The molecule has 1 heterocycles. The first-order valence-electron chi connectivity index (χ1n) is 6.10. The summed E-state index contributed by atoms with van der Waals surface area (Å²) in [5.74, 6) is 0. The maximum atomic E-state index is 12.8. The van der Waals surface area contributed by atoms with Crippen LogP contribution < -0.4 is 0 Å². The van der Waals surface area contributed by atoms with Crippen molar-refractivity contribution in [1.82, 2.24) is 0 Å². The summed E-state index contributed by atoms with van der Waals surface area (Å²) in [4.78, 5) is 0. The van der Waals surface area contributed by atoms with Crippen molar-refractivity contribution >= 4 is 21.4 Å². The van der Waals surface area contributed by atoms with Crippen LogP contribution in [-0.4, -0.2) is 0 Å². The van der Waals surface area contributed by atoms with E-state index in [1.807, 2.05) is 36.6 Å². The number of hydrogen-bond donors (Lipinski definition) is 0. The van der Waals surface area contributed by atoms with Gasteiger partial charge in [0, 0.05) is 15.6 Å². The smallest absolute Gasteiger partial charge is 0.166 e. The van der Waals surface area contributed by atoms with E-state index in [2.05, 4.69) is 0 Å². The highest BCUT2D eigenvalue weighted by Gasteiger charge is 2.30. The average Bonchev–Trinajstić information content (AvgIpc) is 2.81. The van der Waals surface area contributed by atoms with E-state index in [1.54, 1.807) is 6.07 Å². The molecule has 102 valence electrons. The van der Waals surface area contributed by atoms with Gasteiger partial charge in [0.25, 0.3) is 0 Å². The van der Waals surface area contributed by atoms with Crippen molar-refractivity contribution in [1.29, 1.82) is 0 Å². The molecule has 0 bridgehead atoms. The van der Waals surface area contributed by atoms with E-state index >= 15 is 0 Å². The van der Waals surface area contributed by atoms with Crippen LogP contribution in [0.1, 0.15) is 11.1 Å². The van der Waals surface area contributed by atoms with Gasteiger partial charge in [-0.3, -0.25) is 0 Å². The first kappa shape index (κ1) is 13.2. The summed E-state index contributed by atoms with van der Waals surface area (Å²) in [6.07, 6.45) is -4.30. The predicted molar refractivity (Wildman–Crippen MR) is 77.0 cm³/mol. The van der Waals surface area contributed by atoms with Gasteiger partial charge >= 0.3 is 6.18 Å². The molecule has 0 unspecified atom stereocenters. The molecule has 0 aliphatic rings. The quantitative estimate of drug-likeness (QED) is 0.524. The van der Waals surface area contributed by atoms with Crippen molar-refractivity contribution in [3.63, 3.8) is 0 Å². The molecule has 0 spiro atoms. The van der Waals surface area contributed by atoms with Gasteiger partial charge in [-0.1, -0.05) is 29.8 Å². The Kier molecular flexibility index (Phi) is 3.05. The molecule has 2 aromatic carbocycles. The fraction of sp³-hybridized carbons (Fsp3) is 0.125. The van der Waals surface area contributed by atoms with Crippen LogP contribution in [-0.2, 0) is 6.18 Å². The van der Waals surface area contributed by atoms with E-state index in [4.69, 9.17) is 0 Å². The molecular formula is C16H11F3S. The van der Waals surface area contributed by atoms with Gasteiger partial charge in [-0.05, 0) is 36.1 Å². The third kappa shape index (κ3) is 2.31. The molecule has 0 saturated heterocycles. The van der Waals surface area contributed by atoms with Crippen molar-refractivity contribution < 1.29 is 13.2 Å². The highest BCUT2D eigenvalue weighted by atomic mass is 32.1. The number of aryl methyl sites for hydroxylation is 1. The summed E-state index contributed by atoms with van der Waals surface area (Å²) >= 11 is 1.46. The Bertz CT molecular complexity index is 751. The molecule has 0 saturated carbocycles. The number of rotatable bonds is 1. The second-order valence-corrected chi connectivity index (χ2v) is 5.64. The molecule has 0 aliphatic heterocycles. The van der Waals surface area contributed by atoms with E-state index in [0.717, 1.165) is 27.5 Å². The summed E-state index contributed by atoms with van der Waals surface area (Å²) < 4.78 is 39.3. The van der Waals surface area contributed by atoms with Crippen LogP contribution in [0, 0.1) is 6.92 Å². The maximum absolute atomic E-state index is 12.8. The van der Waals surface area contributed by atoms with Crippen molar-refractivity contribution in [2.24, 2.45) is 0 Å². The monoisotopic (exact) mass is 292 g/mol. The zero-order valence-electron chi connectivity index (χ0n) is 10.7. The maximum Gasteiger partial charge on any atom is 0.416 e. The zero-order chi connectivity index (χ0) is 14.3. The minimum absolute atomic E-state index is 0.600. The van der Waals surface area contributed by atoms with Crippen LogP contribution in [0.5, 0.6) is 0 Å². The molecule has 3 aromatic rings. The predicted octanol–water partition coefficient (Wildman–Crippen LogP) is 5.90. The zero-order valence-corrected chi connectivity index (χ0v) is 11.5. The lowest BCUT2D eigenvalue weighted by Crippen LogP contribution is -2.03. The highest BCUT2D eigenvalue weighted by molar-refractivity contribution is 7.17. The van der Waals surface area contributed by atoms with Gasteiger partial charge in [0.15, 0.2) is 0 Å². The first-order chi connectivity index (χ1) is 9.45. The summed E-state index contributed by atoms with van der Waals surface area (Å²) in [6, 6.07) is 11.7. The Labute approximate surface area is 118 Å². The molecule has 0 aliphatic carbocycles. The Morgan fingerprint density at radius 1 is 0.950 bits per heavy atom. The molecule has 0 radical (unpaired) electrons. The molecule has 1 aromatic heterocycles. The molecule has 0 atom stereocenters. The Morgan fingerprint density at radius 2 is 1.65 bits per heavy atom. The summed E-state index contributed by atoms with van der Waals surface area (Å²) in [7, 11) is 0. The molecule has 0 N–H and O–H groups in total. The van der Waals surface area contributed by atoms with Crippen LogP contribution in [0.3, 0.4) is 0 Å². The van der Waals surface area contributed by atoms with Gasteiger partial charge in [0.1, 0.15) is 0 Å². The first-order valence-corrected chi connectivity index (χ1v) is 6.98. The fourth-order valence-corrected chi connectivity index (χ4v) is 3.11. The van der Waals surface area contributed by atoms with E-state index in [-0.39, 0.29) is 0 Å². The average molecular weight is 292 g/mol. The van der Waals surface area contributed by atoms with Crippen LogP contribution in [0.15, 0.2) is 47.8 Å². The van der Waals surface area contributed by atoms with Gasteiger partial charge in [0.2, 0.25) is 0 Å². The number of benzene rings is 2. The summed E-state index contributed by atoms with van der Waals surface area (Å²) in [5, 5.41) is 2.57. The molecular weight excluding hydrogens is 281 g/mol. The number of hydrogen-bond acceptors (Lipinski definition) is 1. The molecule has 0 fully saturated rings. The van der Waals surface area contributed by atoms with Crippen molar-refractivity contribution in [2.45, 2.75) is 13.1 Å². The van der Waals surface area contributed by atoms with Gasteiger partial charge in [0.05, 0.1) is 5.56 Å². The van der Waals surface area contributed by atoms with Gasteiger partial charge < -0.3 is 0 Å². The van der Waals surface area contributed by atoms with Gasteiger partial charge in [-0.25, -0.2) is 0 Å². The van der Waals surface area contributed by atoms with E-state index < -0.39 is 11.7 Å². The SMILES string of the molecule is Cc1ccc(-c2csc3ccc(C(F)(F)F)cc23)cc1. The van der Waals surface area contributed by atoms with Crippen molar-refractivity contribution in [3.05, 3.63) is 59.0 Å². The Balaban J connectivity index is 2.19. The second-order valence-electron chi connectivity index (χ2n) is 4.72. The Hall–Kier alpha value is -1.81. The third-order valence-corrected chi connectivity index (χ3v) is 4.23. The number of fused-ring (bicyclic) bond motifs is 1. The lowest BCUT2D eigenvalue weighted by atomic mass is 10.0. The fourth-order valence-electron chi connectivity index (χ4n) is 2.16. The largest absolute Gasteiger partial charge is 0.416 e. The molecule has 0 nitrogen and oxygen atoms in total. The van der Waals surface area contributed by atoms with Crippen LogP contribution in [0.4, 0.5) is 13.2 Å². The van der Waals surface area contributed by atoms with E-state index in [0.29, 0.717) is 5.39 Å². The van der Waals surface area contributed by atoms with Crippen LogP contribution >= 0.6 is 11.3 Å². The molecule has 4 heteroatoms. The van der Waals surface area contributed by atoms with E-state index in [9.17, 15) is 13.2 Å². The summed E-state index contributed by atoms with van der Waals surface area (Å²) in [5.41, 5.74) is 2.33. The van der Waals surface area contributed by atoms with Crippen LogP contribution in [0.25, 0.3) is 21.2 Å². The minimum atomic E-state index is -4.30. The van der Waals surface area contributed by atoms with E-state index in [1.165, 1.54) is 17.4 Å².